The maximum absolute atomic E-state index is 4.49. The first-order chi connectivity index (χ1) is 9.31. The lowest BCUT2D eigenvalue weighted by Gasteiger charge is -2.07. The molecule has 2 saturated carbocycles. The normalized spacial score (nSPS) is 19.0. The van der Waals surface area contributed by atoms with Crippen molar-refractivity contribution in [2.24, 2.45) is 0 Å². The summed E-state index contributed by atoms with van der Waals surface area (Å²) in [5, 5.41) is 11.0. The van der Waals surface area contributed by atoms with E-state index < -0.39 is 0 Å². The van der Waals surface area contributed by atoms with Crippen LogP contribution in [0, 0.1) is 6.92 Å². The van der Waals surface area contributed by atoms with Crippen molar-refractivity contribution in [1.82, 2.24) is 19.7 Å². The predicted molar refractivity (Wildman–Crippen MR) is 76.7 cm³/mol. The first kappa shape index (κ1) is 11.9. The molecule has 0 spiro atoms. The second-order valence-corrected chi connectivity index (χ2v) is 7.47. The van der Waals surface area contributed by atoms with Crippen molar-refractivity contribution >= 4 is 23.1 Å². The standard InChI is InChI=1S/C13H16N4S2/c1-8-6-18-13(14-8)19-7-11-15-16-12(9-2-3-9)17(11)10-4-5-10/h6,9-10H,2-5,7H2,1H3. The Morgan fingerprint density at radius 2 is 2.16 bits per heavy atom. The van der Waals surface area contributed by atoms with Crippen LogP contribution in [0.15, 0.2) is 9.72 Å². The van der Waals surface area contributed by atoms with Crippen molar-refractivity contribution in [2.75, 3.05) is 0 Å². The van der Waals surface area contributed by atoms with Gasteiger partial charge in [-0.05, 0) is 32.6 Å². The minimum atomic E-state index is 0.680. The number of hydrogen-bond donors (Lipinski definition) is 0. The Morgan fingerprint density at radius 1 is 1.32 bits per heavy atom. The molecule has 0 unspecified atom stereocenters. The van der Waals surface area contributed by atoms with Gasteiger partial charge in [-0.2, -0.15) is 0 Å². The Kier molecular flexibility index (Phi) is 2.88. The molecule has 4 nitrogen and oxygen atoms in total. The molecule has 0 saturated heterocycles. The summed E-state index contributed by atoms with van der Waals surface area (Å²) < 4.78 is 3.56. The van der Waals surface area contributed by atoms with Gasteiger partial charge in [0.1, 0.15) is 11.6 Å². The Labute approximate surface area is 120 Å². The van der Waals surface area contributed by atoms with Crippen LogP contribution in [0.25, 0.3) is 0 Å². The summed E-state index contributed by atoms with van der Waals surface area (Å²) >= 11 is 3.50. The van der Waals surface area contributed by atoms with Crippen LogP contribution in [-0.2, 0) is 5.75 Å². The Hall–Kier alpha value is -0.880. The van der Waals surface area contributed by atoms with Crippen molar-refractivity contribution in [2.45, 2.75) is 54.7 Å². The number of thioether (sulfide) groups is 1. The highest BCUT2D eigenvalue weighted by Gasteiger charge is 2.36. The lowest BCUT2D eigenvalue weighted by Crippen LogP contribution is -2.04. The quantitative estimate of drug-likeness (QED) is 0.791. The highest BCUT2D eigenvalue weighted by Crippen LogP contribution is 2.45. The topological polar surface area (TPSA) is 43.6 Å². The molecule has 2 aromatic heterocycles. The number of nitrogens with zero attached hydrogens (tertiary/aromatic N) is 4. The van der Waals surface area contributed by atoms with E-state index in [-0.39, 0.29) is 0 Å². The summed E-state index contributed by atoms with van der Waals surface area (Å²) in [6.45, 7) is 2.04. The van der Waals surface area contributed by atoms with Crippen LogP contribution in [0.3, 0.4) is 0 Å². The molecule has 0 bridgehead atoms. The largest absolute Gasteiger partial charge is 0.311 e. The molecule has 0 aliphatic heterocycles. The van der Waals surface area contributed by atoms with E-state index in [0.29, 0.717) is 12.0 Å². The zero-order valence-corrected chi connectivity index (χ0v) is 12.5. The van der Waals surface area contributed by atoms with Crippen LogP contribution in [0.1, 0.15) is 55.0 Å². The van der Waals surface area contributed by atoms with E-state index in [2.05, 4.69) is 25.1 Å². The molecule has 2 heterocycles. The van der Waals surface area contributed by atoms with E-state index in [0.717, 1.165) is 21.6 Å². The molecule has 2 aromatic rings. The summed E-state index contributed by atoms with van der Waals surface area (Å²) in [5.74, 6) is 3.97. The van der Waals surface area contributed by atoms with Gasteiger partial charge in [0.25, 0.3) is 0 Å². The van der Waals surface area contributed by atoms with Crippen LogP contribution < -0.4 is 0 Å². The molecule has 2 aliphatic rings. The van der Waals surface area contributed by atoms with E-state index >= 15 is 0 Å². The second kappa shape index (κ2) is 4.59. The summed E-state index contributed by atoms with van der Waals surface area (Å²) in [4.78, 5) is 4.49. The van der Waals surface area contributed by atoms with Gasteiger partial charge in [0.2, 0.25) is 0 Å². The van der Waals surface area contributed by atoms with E-state index in [1.807, 2.05) is 6.92 Å². The third-order valence-electron chi connectivity index (χ3n) is 3.57. The monoisotopic (exact) mass is 292 g/mol. The van der Waals surface area contributed by atoms with Crippen LogP contribution >= 0.6 is 23.1 Å². The molecular weight excluding hydrogens is 276 g/mol. The van der Waals surface area contributed by atoms with Gasteiger partial charge in [-0.3, -0.25) is 0 Å². The fourth-order valence-electron chi connectivity index (χ4n) is 2.31. The maximum Gasteiger partial charge on any atom is 0.150 e. The van der Waals surface area contributed by atoms with Gasteiger partial charge in [0, 0.05) is 23.0 Å². The van der Waals surface area contributed by atoms with E-state index in [1.54, 1.807) is 23.1 Å². The minimum Gasteiger partial charge on any atom is -0.311 e. The van der Waals surface area contributed by atoms with Gasteiger partial charge in [-0.1, -0.05) is 11.8 Å². The Morgan fingerprint density at radius 3 is 2.79 bits per heavy atom. The smallest absolute Gasteiger partial charge is 0.150 e. The second-order valence-electron chi connectivity index (χ2n) is 5.39. The van der Waals surface area contributed by atoms with Gasteiger partial charge < -0.3 is 4.57 Å². The number of thiazole rings is 1. The van der Waals surface area contributed by atoms with Crippen LogP contribution in [0.4, 0.5) is 0 Å². The van der Waals surface area contributed by atoms with Crippen molar-refractivity contribution < 1.29 is 0 Å². The average Bonchev–Trinajstić information content (AvgIpc) is 3.33. The van der Waals surface area contributed by atoms with Crippen molar-refractivity contribution in [3.05, 3.63) is 22.7 Å². The Balaban J connectivity index is 1.53. The molecule has 0 atom stereocenters. The molecule has 2 aliphatic carbocycles. The molecule has 0 radical (unpaired) electrons. The van der Waals surface area contributed by atoms with Crippen LogP contribution in [0.5, 0.6) is 0 Å². The van der Waals surface area contributed by atoms with Gasteiger partial charge >= 0.3 is 0 Å². The first-order valence-electron chi connectivity index (χ1n) is 6.80. The molecule has 0 aromatic carbocycles. The van der Waals surface area contributed by atoms with Crippen molar-refractivity contribution in [1.29, 1.82) is 0 Å². The van der Waals surface area contributed by atoms with E-state index in [1.165, 1.54) is 31.5 Å². The lowest BCUT2D eigenvalue weighted by atomic mass is 10.4. The first-order valence-corrected chi connectivity index (χ1v) is 8.66. The number of aromatic nitrogens is 4. The number of rotatable bonds is 5. The van der Waals surface area contributed by atoms with Crippen molar-refractivity contribution in [3.63, 3.8) is 0 Å². The highest BCUT2D eigenvalue weighted by atomic mass is 32.2. The van der Waals surface area contributed by atoms with Gasteiger partial charge in [0.05, 0.1) is 5.75 Å². The molecule has 4 rings (SSSR count). The van der Waals surface area contributed by atoms with Crippen LogP contribution in [0.2, 0.25) is 0 Å². The van der Waals surface area contributed by atoms with Gasteiger partial charge in [-0.25, -0.2) is 4.98 Å². The predicted octanol–water partition coefficient (Wildman–Crippen LogP) is 3.55. The highest BCUT2D eigenvalue weighted by molar-refractivity contribution is 8.00. The fraction of sp³-hybridized carbons (Fsp3) is 0.615. The zero-order chi connectivity index (χ0) is 12.8. The third-order valence-corrected chi connectivity index (χ3v) is 5.70. The molecule has 0 N–H and O–H groups in total. The fourth-order valence-corrected chi connectivity index (χ4v) is 4.08. The molecule has 2 fully saturated rings. The summed E-state index contributed by atoms with van der Waals surface area (Å²) in [7, 11) is 0. The average molecular weight is 292 g/mol. The maximum atomic E-state index is 4.49. The Bertz CT molecular complexity index is 596. The summed E-state index contributed by atoms with van der Waals surface area (Å²) in [6.07, 6.45) is 5.19. The number of hydrogen-bond acceptors (Lipinski definition) is 5. The van der Waals surface area contributed by atoms with E-state index in [9.17, 15) is 0 Å². The summed E-state index contributed by atoms with van der Waals surface area (Å²) in [5.41, 5.74) is 1.11. The zero-order valence-electron chi connectivity index (χ0n) is 10.9. The van der Waals surface area contributed by atoms with Gasteiger partial charge in [-0.15, -0.1) is 21.5 Å². The molecule has 19 heavy (non-hydrogen) atoms. The summed E-state index contributed by atoms with van der Waals surface area (Å²) in [6, 6.07) is 0.680. The molecular formula is C13H16N4S2. The lowest BCUT2D eigenvalue weighted by molar-refractivity contribution is 0.661. The molecule has 0 amide bonds. The third kappa shape index (κ3) is 2.43. The molecule has 6 heteroatoms. The van der Waals surface area contributed by atoms with Gasteiger partial charge in [0.15, 0.2) is 4.34 Å². The number of aryl methyl sites for hydroxylation is 1. The molecule has 100 valence electrons. The van der Waals surface area contributed by atoms with Crippen molar-refractivity contribution in [3.8, 4) is 0 Å². The van der Waals surface area contributed by atoms with Crippen LogP contribution in [-0.4, -0.2) is 19.7 Å². The SMILES string of the molecule is Cc1csc(SCc2nnc(C3CC3)n2C2CC2)n1. The minimum absolute atomic E-state index is 0.680. The van der Waals surface area contributed by atoms with E-state index in [4.69, 9.17) is 0 Å².